The molecule has 5 nitrogen and oxygen atoms in total. The Morgan fingerprint density at radius 2 is 2.06 bits per heavy atom. The maximum Gasteiger partial charge on any atom is 0.159 e. The van der Waals surface area contributed by atoms with Crippen LogP contribution in [0.1, 0.15) is 43.8 Å². The molecule has 1 fully saturated rings. The van der Waals surface area contributed by atoms with Gasteiger partial charge in [-0.1, -0.05) is 6.42 Å². The molecule has 2 aliphatic heterocycles. The number of rotatable bonds is 3. The molecular formula is C13H22N4O. The highest BCUT2D eigenvalue weighted by atomic mass is 16.5. The Morgan fingerprint density at radius 1 is 1.17 bits per heavy atom. The molecule has 2 aliphatic rings. The van der Waals surface area contributed by atoms with Crippen molar-refractivity contribution in [3.8, 4) is 0 Å². The molecule has 0 unspecified atom stereocenters. The van der Waals surface area contributed by atoms with E-state index in [-0.39, 0.29) is 0 Å². The Hall–Kier alpha value is -0.940. The van der Waals surface area contributed by atoms with Crippen molar-refractivity contribution in [2.75, 3.05) is 13.1 Å². The van der Waals surface area contributed by atoms with Crippen LogP contribution < -0.4 is 5.32 Å². The minimum absolute atomic E-state index is 0.393. The van der Waals surface area contributed by atoms with Crippen LogP contribution in [-0.4, -0.2) is 34.0 Å². The molecule has 0 atom stereocenters. The predicted octanol–water partition coefficient (Wildman–Crippen LogP) is 1.27. The van der Waals surface area contributed by atoms with Crippen molar-refractivity contribution >= 4 is 0 Å². The lowest BCUT2D eigenvalue weighted by Crippen LogP contribution is -2.32. The summed E-state index contributed by atoms with van der Waals surface area (Å²) in [5.74, 6) is 2.17. The summed E-state index contributed by atoms with van der Waals surface area (Å²) in [6, 6.07) is 0. The molecule has 1 saturated heterocycles. The van der Waals surface area contributed by atoms with Crippen LogP contribution in [-0.2, 0) is 24.3 Å². The van der Waals surface area contributed by atoms with Gasteiger partial charge in [0.2, 0.25) is 0 Å². The third kappa shape index (κ3) is 2.72. The Kier molecular flexibility index (Phi) is 3.90. The highest BCUT2D eigenvalue weighted by Crippen LogP contribution is 2.16. The molecule has 0 saturated carbocycles. The van der Waals surface area contributed by atoms with Gasteiger partial charge in [0.1, 0.15) is 12.4 Å². The first kappa shape index (κ1) is 12.1. The summed E-state index contributed by atoms with van der Waals surface area (Å²) in [4.78, 5) is 0. The number of hydrogen-bond donors (Lipinski definition) is 1. The van der Waals surface area contributed by atoms with Crippen molar-refractivity contribution < 1.29 is 4.74 Å². The topological polar surface area (TPSA) is 52.0 Å². The zero-order valence-corrected chi connectivity index (χ0v) is 10.9. The maximum absolute atomic E-state index is 5.97. The minimum Gasteiger partial charge on any atom is -0.370 e. The quantitative estimate of drug-likeness (QED) is 0.878. The summed E-state index contributed by atoms with van der Waals surface area (Å²) in [5.41, 5.74) is 0. The van der Waals surface area contributed by atoms with Crippen LogP contribution in [0, 0.1) is 0 Å². The van der Waals surface area contributed by atoms with E-state index in [1.54, 1.807) is 0 Å². The molecule has 3 heterocycles. The second-order valence-corrected chi connectivity index (χ2v) is 5.26. The number of hydrogen-bond acceptors (Lipinski definition) is 4. The van der Waals surface area contributed by atoms with Gasteiger partial charge in [-0.05, 0) is 38.8 Å². The van der Waals surface area contributed by atoms with Gasteiger partial charge < -0.3 is 14.6 Å². The van der Waals surface area contributed by atoms with E-state index in [4.69, 9.17) is 4.74 Å². The SMILES string of the molecule is C1CCc2nnc(COC3CCNCC3)n2CC1. The lowest BCUT2D eigenvalue weighted by Gasteiger charge is -2.22. The summed E-state index contributed by atoms with van der Waals surface area (Å²) >= 11 is 0. The van der Waals surface area contributed by atoms with Gasteiger partial charge >= 0.3 is 0 Å². The average Bonchev–Trinajstić information content (AvgIpc) is 2.65. The van der Waals surface area contributed by atoms with E-state index in [1.807, 2.05) is 0 Å². The molecule has 1 N–H and O–H groups in total. The van der Waals surface area contributed by atoms with Crippen LogP contribution in [0.4, 0.5) is 0 Å². The Labute approximate surface area is 108 Å². The van der Waals surface area contributed by atoms with Crippen molar-refractivity contribution in [3.63, 3.8) is 0 Å². The van der Waals surface area contributed by atoms with Gasteiger partial charge in [-0.25, -0.2) is 0 Å². The van der Waals surface area contributed by atoms with Crippen LogP contribution >= 0.6 is 0 Å². The van der Waals surface area contributed by atoms with E-state index in [2.05, 4.69) is 20.1 Å². The predicted molar refractivity (Wildman–Crippen MR) is 68.3 cm³/mol. The fourth-order valence-electron chi connectivity index (χ4n) is 2.81. The number of aryl methyl sites for hydroxylation is 1. The third-order valence-electron chi connectivity index (χ3n) is 3.92. The van der Waals surface area contributed by atoms with Crippen LogP contribution in [0.25, 0.3) is 0 Å². The summed E-state index contributed by atoms with van der Waals surface area (Å²) in [7, 11) is 0. The summed E-state index contributed by atoms with van der Waals surface area (Å²) < 4.78 is 8.24. The van der Waals surface area contributed by atoms with Crippen molar-refractivity contribution in [3.05, 3.63) is 11.6 Å². The van der Waals surface area contributed by atoms with E-state index in [0.29, 0.717) is 12.7 Å². The molecule has 3 rings (SSSR count). The first-order valence-corrected chi connectivity index (χ1v) is 7.17. The molecule has 0 aliphatic carbocycles. The second kappa shape index (κ2) is 5.80. The molecule has 0 spiro atoms. The molecule has 0 bridgehead atoms. The lowest BCUT2D eigenvalue weighted by atomic mass is 10.1. The van der Waals surface area contributed by atoms with Crippen molar-refractivity contribution in [1.29, 1.82) is 0 Å². The fourth-order valence-corrected chi connectivity index (χ4v) is 2.81. The monoisotopic (exact) mass is 250 g/mol. The molecule has 0 amide bonds. The summed E-state index contributed by atoms with van der Waals surface area (Å²) in [6.07, 6.45) is 7.48. The van der Waals surface area contributed by atoms with Gasteiger partial charge in [0.25, 0.3) is 0 Å². The summed E-state index contributed by atoms with van der Waals surface area (Å²) in [5, 5.41) is 12.0. The van der Waals surface area contributed by atoms with Crippen molar-refractivity contribution in [2.45, 2.75) is 57.8 Å². The van der Waals surface area contributed by atoms with Crippen LogP contribution in [0.15, 0.2) is 0 Å². The first-order valence-electron chi connectivity index (χ1n) is 7.17. The van der Waals surface area contributed by atoms with Gasteiger partial charge in [-0.2, -0.15) is 0 Å². The van der Waals surface area contributed by atoms with E-state index < -0.39 is 0 Å². The van der Waals surface area contributed by atoms with E-state index >= 15 is 0 Å². The van der Waals surface area contributed by atoms with E-state index in [0.717, 1.165) is 50.5 Å². The fraction of sp³-hybridized carbons (Fsp3) is 0.846. The van der Waals surface area contributed by atoms with Gasteiger partial charge in [0.05, 0.1) is 6.10 Å². The van der Waals surface area contributed by atoms with Crippen LogP contribution in [0.2, 0.25) is 0 Å². The average molecular weight is 250 g/mol. The zero-order chi connectivity index (χ0) is 12.2. The first-order chi connectivity index (χ1) is 8.93. The third-order valence-corrected chi connectivity index (χ3v) is 3.92. The number of nitrogens with one attached hydrogen (secondary N) is 1. The smallest absolute Gasteiger partial charge is 0.159 e. The standard InChI is InChI=1S/C13H22N4O/c1-2-4-12-15-16-13(17(12)9-3-1)10-18-11-5-7-14-8-6-11/h11,14H,1-10H2. The normalized spacial score (nSPS) is 21.6. The molecular weight excluding hydrogens is 228 g/mol. The highest BCUT2D eigenvalue weighted by Gasteiger charge is 2.17. The molecule has 1 aromatic heterocycles. The van der Waals surface area contributed by atoms with Gasteiger partial charge in [-0.15, -0.1) is 10.2 Å². The maximum atomic E-state index is 5.97. The molecule has 18 heavy (non-hydrogen) atoms. The Bertz CT molecular complexity index is 384. The molecule has 5 heteroatoms. The Balaban J connectivity index is 1.60. The number of nitrogens with zero attached hydrogens (tertiary/aromatic N) is 3. The van der Waals surface area contributed by atoms with Crippen molar-refractivity contribution in [2.24, 2.45) is 0 Å². The Morgan fingerprint density at radius 3 is 2.94 bits per heavy atom. The minimum atomic E-state index is 0.393. The molecule has 1 aromatic rings. The van der Waals surface area contributed by atoms with E-state index in [9.17, 15) is 0 Å². The number of ether oxygens (including phenoxy) is 1. The largest absolute Gasteiger partial charge is 0.370 e. The van der Waals surface area contributed by atoms with Gasteiger partial charge in [-0.3, -0.25) is 0 Å². The zero-order valence-electron chi connectivity index (χ0n) is 10.9. The highest BCUT2D eigenvalue weighted by molar-refractivity contribution is 4.97. The van der Waals surface area contributed by atoms with Gasteiger partial charge in [0.15, 0.2) is 5.82 Å². The molecule has 0 aromatic carbocycles. The number of aromatic nitrogens is 3. The molecule has 0 radical (unpaired) electrons. The molecule has 100 valence electrons. The summed E-state index contributed by atoms with van der Waals surface area (Å²) in [6.45, 7) is 3.83. The number of piperidine rings is 1. The second-order valence-electron chi connectivity index (χ2n) is 5.26. The number of fused-ring (bicyclic) bond motifs is 1. The van der Waals surface area contributed by atoms with Crippen LogP contribution in [0.5, 0.6) is 0 Å². The van der Waals surface area contributed by atoms with Gasteiger partial charge in [0, 0.05) is 13.0 Å². The van der Waals surface area contributed by atoms with Crippen molar-refractivity contribution in [1.82, 2.24) is 20.1 Å². The lowest BCUT2D eigenvalue weighted by molar-refractivity contribution is 0.0162. The van der Waals surface area contributed by atoms with Crippen LogP contribution in [0.3, 0.4) is 0 Å². The van der Waals surface area contributed by atoms with E-state index in [1.165, 1.54) is 19.3 Å².